The van der Waals surface area contributed by atoms with Crippen molar-refractivity contribution in [2.45, 2.75) is 6.54 Å². The second-order valence-corrected chi connectivity index (χ2v) is 8.79. The van der Waals surface area contributed by atoms with Crippen molar-refractivity contribution in [1.29, 1.82) is 0 Å². The molecule has 3 heterocycles. The minimum absolute atomic E-state index is 0.195. The highest BCUT2D eigenvalue weighted by Gasteiger charge is 2.38. The molecule has 11 heteroatoms. The molecule has 0 aliphatic carbocycles. The highest BCUT2D eigenvalue weighted by atomic mass is 32.2. The third kappa shape index (κ3) is 3.75. The van der Waals surface area contributed by atoms with Crippen LogP contribution in [0, 0.1) is 0 Å². The summed E-state index contributed by atoms with van der Waals surface area (Å²) in [6.07, 6.45) is 0. The van der Waals surface area contributed by atoms with Gasteiger partial charge in [-0.15, -0.1) is 10.2 Å². The first-order valence-corrected chi connectivity index (χ1v) is 10.6. The molecule has 26 heavy (non-hydrogen) atoms. The van der Waals surface area contributed by atoms with Crippen LogP contribution >= 0.6 is 11.3 Å². The van der Waals surface area contributed by atoms with Crippen LogP contribution in [0.15, 0.2) is 23.7 Å². The molecule has 2 aliphatic heterocycles. The first-order valence-electron chi connectivity index (χ1n) is 8.12. The van der Waals surface area contributed by atoms with Gasteiger partial charge in [0.15, 0.2) is 11.5 Å². The predicted octanol–water partition coefficient (Wildman–Crippen LogP) is 0.949. The molecule has 0 amide bonds. The molecular weight excluding hydrogens is 380 g/mol. The molecule has 1 saturated heterocycles. The Bertz CT molecular complexity index is 879. The predicted molar refractivity (Wildman–Crippen MR) is 94.8 cm³/mol. The number of ether oxygens (including phenoxy) is 2. The Morgan fingerprint density at radius 3 is 2.69 bits per heavy atom. The fourth-order valence-corrected chi connectivity index (χ4v) is 5.15. The van der Waals surface area contributed by atoms with Gasteiger partial charge in [0, 0.05) is 5.56 Å². The van der Waals surface area contributed by atoms with Crippen molar-refractivity contribution in [1.82, 2.24) is 10.2 Å². The summed E-state index contributed by atoms with van der Waals surface area (Å²) >= 11 is 1.46. The Balaban J connectivity index is 1.55. The Morgan fingerprint density at radius 1 is 1.23 bits per heavy atom. The van der Waals surface area contributed by atoms with Crippen molar-refractivity contribution < 1.29 is 26.9 Å². The van der Waals surface area contributed by atoms with Gasteiger partial charge in [0.25, 0.3) is 0 Å². The molecule has 0 bridgehead atoms. The monoisotopic (exact) mass is 399 g/mol. The van der Waals surface area contributed by atoms with Gasteiger partial charge < -0.3 is 18.9 Å². The topological polar surface area (TPSA) is 102 Å². The zero-order valence-corrected chi connectivity index (χ0v) is 15.6. The quantitative estimate of drug-likeness (QED) is 0.586. The van der Waals surface area contributed by atoms with E-state index in [0.29, 0.717) is 44.2 Å². The minimum atomic E-state index is -4.11. The number of fused-ring (bicyclic) bond motifs is 1. The van der Waals surface area contributed by atoms with Crippen LogP contribution in [0.4, 0.5) is 5.13 Å². The van der Waals surface area contributed by atoms with Crippen LogP contribution in [0.3, 0.4) is 0 Å². The van der Waals surface area contributed by atoms with Gasteiger partial charge in [-0.05, 0) is 18.2 Å². The molecule has 0 atom stereocenters. The maximum atomic E-state index is 11.7. The van der Waals surface area contributed by atoms with Gasteiger partial charge in [0.1, 0.15) is 12.1 Å². The smallest absolute Gasteiger partial charge is 0.316 e. The first kappa shape index (κ1) is 17.5. The van der Waals surface area contributed by atoms with E-state index >= 15 is 0 Å². The molecule has 1 aromatic carbocycles. The Kier molecular flexibility index (Phi) is 4.47. The average molecular weight is 399 g/mol. The van der Waals surface area contributed by atoms with E-state index in [1.54, 1.807) is 5.51 Å². The van der Waals surface area contributed by atoms with Crippen LogP contribution in [-0.2, 0) is 16.7 Å². The lowest BCUT2D eigenvalue weighted by molar-refractivity contribution is -0.930. The van der Waals surface area contributed by atoms with Crippen molar-refractivity contribution in [3.63, 3.8) is 0 Å². The average Bonchev–Trinajstić information content (AvgIpc) is 3.25. The molecular formula is C15H19N4O5S2+. The minimum Gasteiger partial charge on any atom is -0.454 e. The molecule has 140 valence electrons. The number of rotatable bonds is 5. The fourth-order valence-electron chi connectivity index (χ4n) is 3.49. The van der Waals surface area contributed by atoms with E-state index in [1.165, 1.54) is 11.3 Å². The molecule has 1 fully saturated rings. The van der Waals surface area contributed by atoms with Gasteiger partial charge in [-0.25, -0.2) is 0 Å². The second kappa shape index (κ2) is 6.65. The number of piperazine rings is 1. The number of anilines is 1. The summed E-state index contributed by atoms with van der Waals surface area (Å²) in [5.74, 6) is 1.04. The molecule has 2 aromatic rings. The summed E-state index contributed by atoms with van der Waals surface area (Å²) in [5, 5.41) is 8.76. The zero-order chi connectivity index (χ0) is 18.2. The highest BCUT2D eigenvalue weighted by Crippen LogP contribution is 2.34. The summed E-state index contributed by atoms with van der Waals surface area (Å²) in [6, 6.07) is 5.62. The van der Waals surface area contributed by atoms with Gasteiger partial charge >= 0.3 is 10.1 Å². The summed E-state index contributed by atoms with van der Waals surface area (Å²) in [4.78, 5) is 2.10. The summed E-state index contributed by atoms with van der Waals surface area (Å²) in [7, 11) is -4.11. The molecule has 1 aromatic heterocycles. The van der Waals surface area contributed by atoms with E-state index < -0.39 is 10.1 Å². The number of aromatic nitrogens is 2. The first-order chi connectivity index (χ1) is 12.4. The Labute approximate surface area is 155 Å². The van der Waals surface area contributed by atoms with E-state index in [2.05, 4.69) is 15.1 Å². The van der Waals surface area contributed by atoms with Gasteiger partial charge in [0.2, 0.25) is 17.8 Å². The lowest BCUT2D eigenvalue weighted by Gasteiger charge is -2.43. The Hall–Kier alpha value is -1.95. The van der Waals surface area contributed by atoms with Crippen LogP contribution in [0.5, 0.6) is 11.5 Å². The highest BCUT2D eigenvalue weighted by molar-refractivity contribution is 7.85. The summed E-state index contributed by atoms with van der Waals surface area (Å²) in [5.41, 5.74) is 2.62. The van der Waals surface area contributed by atoms with Crippen LogP contribution in [0.25, 0.3) is 0 Å². The molecule has 0 radical (unpaired) electrons. The van der Waals surface area contributed by atoms with Crippen molar-refractivity contribution in [3.05, 3.63) is 29.3 Å². The molecule has 2 aliphatic rings. The lowest BCUT2D eigenvalue weighted by atomic mass is 10.1. The maximum Gasteiger partial charge on any atom is 0.316 e. The van der Waals surface area contributed by atoms with E-state index in [0.717, 1.165) is 10.7 Å². The standard InChI is InChI=1S/C15H18N4O5S2/c20-26(21,22)10-19(5-3-18(4-6-19)15-17-16-9-25-15)8-12-1-2-13-14(7-12)24-11-23-13/h1-2,7,9H,3-6,8,10-11H2/p+1. The SMILES string of the molecule is O=S(=O)(O)C[N+]1(Cc2ccc3c(c2)OCO3)CCN(c2nncs2)CC1. The van der Waals surface area contributed by atoms with Gasteiger partial charge in [-0.3, -0.25) is 4.55 Å². The molecule has 1 N–H and O–H groups in total. The van der Waals surface area contributed by atoms with Crippen molar-refractivity contribution in [3.8, 4) is 11.5 Å². The zero-order valence-electron chi connectivity index (χ0n) is 13.9. The van der Waals surface area contributed by atoms with Crippen LogP contribution < -0.4 is 14.4 Å². The van der Waals surface area contributed by atoms with E-state index in [4.69, 9.17) is 9.47 Å². The van der Waals surface area contributed by atoms with Gasteiger partial charge in [-0.1, -0.05) is 11.3 Å². The van der Waals surface area contributed by atoms with E-state index in [-0.39, 0.29) is 17.2 Å². The third-order valence-corrected chi connectivity index (χ3v) is 6.32. The summed E-state index contributed by atoms with van der Waals surface area (Å²) in [6.45, 7) is 3.13. The third-order valence-electron chi connectivity index (χ3n) is 4.70. The van der Waals surface area contributed by atoms with E-state index in [9.17, 15) is 13.0 Å². The molecule has 0 unspecified atom stereocenters. The Morgan fingerprint density at radius 2 is 2.00 bits per heavy atom. The van der Waals surface area contributed by atoms with Crippen molar-refractivity contribution in [2.24, 2.45) is 0 Å². The molecule has 0 spiro atoms. The fraction of sp³-hybridized carbons (Fsp3) is 0.467. The van der Waals surface area contributed by atoms with Crippen LogP contribution in [-0.4, -0.2) is 66.5 Å². The van der Waals surface area contributed by atoms with Crippen LogP contribution in [0.2, 0.25) is 0 Å². The van der Waals surface area contributed by atoms with Crippen LogP contribution in [0.1, 0.15) is 5.56 Å². The number of quaternary nitrogens is 1. The lowest BCUT2D eigenvalue weighted by Crippen LogP contribution is -2.60. The molecule has 0 saturated carbocycles. The second-order valence-electron chi connectivity index (χ2n) is 6.55. The number of hydrogen-bond acceptors (Lipinski definition) is 8. The number of nitrogens with zero attached hydrogens (tertiary/aromatic N) is 4. The normalized spacial score (nSPS) is 18.9. The van der Waals surface area contributed by atoms with Gasteiger partial charge in [-0.2, -0.15) is 8.42 Å². The number of hydrogen-bond donors (Lipinski definition) is 1. The van der Waals surface area contributed by atoms with Crippen molar-refractivity contribution in [2.75, 3.05) is 43.7 Å². The number of benzene rings is 1. The largest absolute Gasteiger partial charge is 0.454 e. The van der Waals surface area contributed by atoms with Crippen molar-refractivity contribution >= 4 is 26.6 Å². The molecule has 9 nitrogen and oxygen atoms in total. The summed E-state index contributed by atoms with van der Waals surface area (Å²) < 4.78 is 43.8. The molecule has 4 rings (SSSR count). The van der Waals surface area contributed by atoms with E-state index in [1.807, 2.05) is 18.2 Å². The maximum absolute atomic E-state index is 11.7. The van der Waals surface area contributed by atoms with Gasteiger partial charge in [0.05, 0.1) is 26.2 Å².